The number of aromatic nitrogens is 2. The zero-order valence-corrected chi connectivity index (χ0v) is 7.45. The predicted molar refractivity (Wildman–Crippen MR) is 48.5 cm³/mol. The van der Waals surface area contributed by atoms with Gasteiger partial charge in [0.2, 0.25) is 0 Å². The third-order valence-electron chi connectivity index (χ3n) is 1.28. The summed E-state index contributed by atoms with van der Waals surface area (Å²) in [5.41, 5.74) is 6.53. The van der Waals surface area contributed by atoms with Gasteiger partial charge >= 0.3 is 0 Å². The van der Waals surface area contributed by atoms with Gasteiger partial charge in [-0.2, -0.15) is 11.8 Å². The van der Waals surface area contributed by atoms with Crippen LogP contribution in [0.1, 0.15) is 11.5 Å². The Morgan fingerprint density at radius 2 is 2.55 bits per heavy atom. The van der Waals surface area contributed by atoms with Gasteiger partial charge in [0.15, 0.2) is 0 Å². The maximum Gasteiger partial charge on any atom is 0.103 e. The van der Waals surface area contributed by atoms with Gasteiger partial charge < -0.3 is 10.7 Å². The number of H-pyrrole nitrogens is 1. The van der Waals surface area contributed by atoms with E-state index in [1.807, 2.05) is 24.9 Å². The van der Waals surface area contributed by atoms with Crippen LogP contribution in [0.2, 0.25) is 0 Å². The van der Waals surface area contributed by atoms with Crippen molar-refractivity contribution in [3.05, 3.63) is 17.7 Å². The van der Waals surface area contributed by atoms with Crippen molar-refractivity contribution in [3.8, 4) is 0 Å². The lowest BCUT2D eigenvalue weighted by Crippen LogP contribution is -2.01. The van der Waals surface area contributed by atoms with E-state index < -0.39 is 0 Å². The molecule has 1 rings (SSSR count). The zero-order valence-electron chi connectivity index (χ0n) is 6.63. The van der Waals surface area contributed by atoms with Crippen LogP contribution >= 0.6 is 11.8 Å². The molecular weight excluding hydrogens is 158 g/mol. The normalized spacial score (nSPS) is 10.4. The van der Waals surface area contributed by atoms with Crippen LogP contribution in [0.5, 0.6) is 0 Å². The molecule has 4 heteroatoms. The second-order valence-electron chi connectivity index (χ2n) is 2.34. The highest BCUT2D eigenvalue weighted by Gasteiger charge is 1.95. The number of aromatic amines is 1. The van der Waals surface area contributed by atoms with Crippen LogP contribution in [0.4, 0.5) is 0 Å². The Morgan fingerprint density at radius 1 is 1.73 bits per heavy atom. The lowest BCUT2D eigenvalue weighted by Gasteiger charge is -1.94. The van der Waals surface area contributed by atoms with Gasteiger partial charge in [-0.3, -0.25) is 0 Å². The second-order valence-corrected chi connectivity index (χ2v) is 3.44. The summed E-state index contributed by atoms with van der Waals surface area (Å²) in [4.78, 5) is 7.26. The number of nitrogens with two attached hydrogens (primary N) is 1. The van der Waals surface area contributed by atoms with Gasteiger partial charge in [-0.1, -0.05) is 0 Å². The van der Waals surface area contributed by atoms with E-state index >= 15 is 0 Å². The van der Waals surface area contributed by atoms with Gasteiger partial charge in [0.25, 0.3) is 0 Å². The molecule has 1 heterocycles. The fourth-order valence-electron chi connectivity index (χ4n) is 0.810. The van der Waals surface area contributed by atoms with E-state index in [2.05, 4.69) is 9.97 Å². The Labute approximate surface area is 70.8 Å². The van der Waals surface area contributed by atoms with Gasteiger partial charge in [0.1, 0.15) is 5.82 Å². The average molecular weight is 171 g/mol. The highest BCUT2D eigenvalue weighted by molar-refractivity contribution is 7.98. The molecule has 0 unspecified atom stereocenters. The van der Waals surface area contributed by atoms with Crippen molar-refractivity contribution >= 4 is 11.8 Å². The summed E-state index contributed by atoms with van der Waals surface area (Å²) in [5, 5.41) is 0. The molecule has 0 aliphatic rings. The first-order valence-electron chi connectivity index (χ1n) is 3.61. The number of nitrogens with zero attached hydrogens (tertiary/aromatic N) is 1. The number of aryl methyl sites for hydroxylation is 1. The molecule has 3 N–H and O–H groups in total. The van der Waals surface area contributed by atoms with Crippen molar-refractivity contribution in [2.75, 3.05) is 12.3 Å². The average Bonchev–Trinajstić information content (AvgIpc) is 2.37. The van der Waals surface area contributed by atoms with Gasteiger partial charge in [0, 0.05) is 29.9 Å². The van der Waals surface area contributed by atoms with E-state index in [-0.39, 0.29) is 0 Å². The Morgan fingerprint density at radius 3 is 3.09 bits per heavy atom. The van der Waals surface area contributed by atoms with Crippen molar-refractivity contribution in [2.45, 2.75) is 12.7 Å². The lowest BCUT2D eigenvalue weighted by atomic mass is 10.6. The van der Waals surface area contributed by atoms with Crippen molar-refractivity contribution in [1.82, 2.24) is 9.97 Å². The number of imidazole rings is 1. The van der Waals surface area contributed by atoms with E-state index in [0.29, 0.717) is 0 Å². The standard InChI is InChI=1S/C7H13N3S/c1-6-9-4-7(10-6)5-11-3-2-8/h4H,2-3,5,8H2,1H3,(H,9,10). The molecule has 0 aliphatic carbocycles. The van der Waals surface area contributed by atoms with Crippen molar-refractivity contribution in [2.24, 2.45) is 5.73 Å². The predicted octanol–water partition coefficient (Wildman–Crippen LogP) is 0.910. The lowest BCUT2D eigenvalue weighted by molar-refractivity contribution is 1.11. The van der Waals surface area contributed by atoms with Gasteiger partial charge in [0.05, 0.1) is 0 Å². The molecule has 11 heavy (non-hydrogen) atoms. The van der Waals surface area contributed by atoms with E-state index in [9.17, 15) is 0 Å². The Bertz CT molecular complexity index is 209. The third kappa shape index (κ3) is 2.95. The molecule has 1 aromatic rings. The Kier molecular flexibility index (Phi) is 3.45. The minimum Gasteiger partial charge on any atom is -0.345 e. The molecule has 1 aromatic heterocycles. The smallest absolute Gasteiger partial charge is 0.103 e. The third-order valence-corrected chi connectivity index (χ3v) is 2.31. The number of hydrogen-bond acceptors (Lipinski definition) is 3. The molecule has 0 bridgehead atoms. The van der Waals surface area contributed by atoms with Crippen molar-refractivity contribution < 1.29 is 0 Å². The fraction of sp³-hybridized carbons (Fsp3) is 0.571. The molecule has 0 spiro atoms. The summed E-state index contributed by atoms with van der Waals surface area (Å²) in [5.74, 6) is 2.98. The summed E-state index contributed by atoms with van der Waals surface area (Å²) in [6, 6.07) is 0. The van der Waals surface area contributed by atoms with Crippen LogP contribution in [0.3, 0.4) is 0 Å². The molecule has 0 amide bonds. The minimum absolute atomic E-state index is 0.748. The summed E-state index contributed by atoms with van der Waals surface area (Å²) in [6.07, 6.45) is 1.87. The fourth-order valence-corrected chi connectivity index (χ4v) is 1.49. The number of nitrogens with one attached hydrogen (secondary N) is 1. The van der Waals surface area contributed by atoms with Gasteiger partial charge in [-0.05, 0) is 6.92 Å². The number of thioether (sulfide) groups is 1. The minimum atomic E-state index is 0.748. The molecule has 62 valence electrons. The monoisotopic (exact) mass is 171 g/mol. The Hall–Kier alpha value is -0.480. The SMILES string of the molecule is Cc1ncc(CSCCN)[nH]1. The second kappa shape index (κ2) is 4.41. The van der Waals surface area contributed by atoms with Crippen LogP contribution in [0, 0.1) is 6.92 Å². The largest absolute Gasteiger partial charge is 0.345 e. The van der Waals surface area contributed by atoms with E-state index in [1.54, 1.807) is 0 Å². The maximum absolute atomic E-state index is 5.35. The Balaban J connectivity index is 2.27. The highest BCUT2D eigenvalue weighted by Crippen LogP contribution is 2.08. The first-order valence-corrected chi connectivity index (χ1v) is 4.76. The summed E-state index contributed by atoms with van der Waals surface area (Å²) < 4.78 is 0. The van der Waals surface area contributed by atoms with Crippen molar-refractivity contribution in [3.63, 3.8) is 0 Å². The van der Waals surface area contributed by atoms with Crippen LogP contribution in [0.25, 0.3) is 0 Å². The highest BCUT2D eigenvalue weighted by atomic mass is 32.2. The molecule has 0 aromatic carbocycles. The van der Waals surface area contributed by atoms with E-state index in [4.69, 9.17) is 5.73 Å². The van der Waals surface area contributed by atoms with E-state index in [0.717, 1.165) is 23.9 Å². The molecule has 0 fully saturated rings. The molecule has 0 atom stereocenters. The van der Waals surface area contributed by atoms with Gasteiger partial charge in [-0.25, -0.2) is 4.98 Å². The molecule has 0 saturated carbocycles. The van der Waals surface area contributed by atoms with E-state index in [1.165, 1.54) is 5.69 Å². The summed E-state index contributed by atoms with van der Waals surface area (Å²) in [6.45, 7) is 2.70. The first-order chi connectivity index (χ1) is 5.33. The molecule has 0 radical (unpaired) electrons. The molecule has 0 saturated heterocycles. The van der Waals surface area contributed by atoms with Gasteiger partial charge in [-0.15, -0.1) is 0 Å². The molecule has 0 aliphatic heterocycles. The quantitative estimate of drug-likeness (QED) is 0.662. The van der Waals surface area contributed by atoms with Crippen LogP contribution in [0.15, 0.2) is 6.20 Å². The molecular formula is C7H13N3S. The van der Waals surface area contributed by atoms with Crippen LogP contribution in [-0.2, 0) is 5.75 Å². The maximum atomic E-state index is 5.35. The molecule has 3 nitrogen and oxygen atoms in total. The van der Waals surface area contributed by atoms with Crippen molar-refractivity contribution in [1.29, 1.82) is 0 Å². The topological polar surface area (TPSA) is 54.7 Å². The van der Waals surface area contributed by atoms with Crippen LogP contribution < -0.4 is 5.73 Å². The summed E-state index contributed by atoms with van der Waals surface area (Å²) in [7, 11) is 0. The van der Waals surface area contributed by atoms with Crippen LogP contribution in [-0.4, -0.2) is 22.3 Å². The number of rotatable bonds is 4. The summed E-state index contributed by atoms with van der Waals surface area (Å²) >= 11 is 1.82. The number of hydrogen-bond donors (Lipinski definition) is 2. The first kappa shape index (κ1) is 8.62. The zero-order chi connectivity index (χ0) is 8.10.